The van der Waals surface area contributed by atoms with E-state index >= 15 is 0 Å². The summed E-state index contributed by atoms with van der Waals surface area (Å²) in [6.07, 6.45) is -0.659. The summed E-state index contributed by atoms with van der Waals surface area (Å²) >= 11 is 6.04. The second kappa shape index (κ2) is 6.83. The van der Waals surface area contributed by atoms with E-state index in [1.165, 1.54) is 19.2 Å². The lowest BCUT2D eigenvalue weighted by Crippen LogP contribution is -2.11. The Balaban J connectivity index is 2.41. The van der Waals surface area contributed by atoms with Gasteiger partial charge < -0.3 is 9.47 Å². The minimum absolute atomic E-state index is 0.221. The lowest BCUT2D eigenvalue weighted by molar-refractivity contribution is 0.187. The number of ether oxygens (including phenoxy) is 2. The second-order valence-electron chi connectivity index (χ2n) is 4.42. The number of methoxy groups -OCH3 is 1. The van der Waals surface area contributed by atoms with E-state index in [-0.39, 0.29) is 10.6 Å². The maximum atomic E-state index is 11.3. The van der Waals surface area contributed by atoms with Crippen molar-refractivity contribution in [2.24, 2.45) is 0 Å². The number of para-hydroxylation sites is 1. The lowest BCUT2D eigenvalue weighted by atomic mass is 10.2. The fourth-order valence-electron chi connectivity index (χ4n) is 1.77. The zero-order chi connectivity index (χ0) is 16.1. The molecule has 0 atom stereocenters. The predicted octanol–water partition coefficient (Wildman–Crippen LogP) is 4.49. The van der Waals surface area contributed by atoms with Gasteiger partial charge in [-0.3, -0.25) is 5.32 Å². The average molecular weight is 317 g/mol. The molecule has 112 valence electrons. The Morgan fingerprint density at radius 1 is 1.27 bits per heavy atom. The zero-order valence-corrected chi connectivity index (χ0v) is 12.8. The Bertz CT molecular complexity index is 754. The van der Waals surface area contributed by atoms with E-state index in [2.05, 4.69) is 10.1 Å². The molecule has 2 aromatic carbocycles. The van der Waals surface area contributed by atoms with Crippen molar-refractivity contribution in [1.29, 1.82) is 5.26 Å². The van der Waals surface area contributed by atoms with E-state index in [1.807, 2.05) is 31.2 Å². The first-order chi connectivity index (χ1) is 10.5. The second-order valence-corrected chi connectivity index (χ2v) is 4.83. The topological polar surface area (TPSA) is 71.3 Å². The molecule has 0 saturated carbocycles. The van der Waals surface area contributed by atoms with Gasteiger partial charge in [0.25, 0.3) is 0 Å². The van der Waals surface area contributed by atoms with Gasteiger partial charge in [-0.15, -0.1) is 0 Å². The summed E-state index contributed by atoms with van der Waals surface area (Å²) in [4.78, 5) is 11.3. The molecule has 22 heavy (non-hydrogen) atoms. The van der Waals surface area contributed by atoms with Crippen LogP contribution >= 0.6 is 11.6 Å². The van der Waals surface area contributed by atoms with Gasteiger partial charge in [-0.1, -0.05) is 29.8 Å². The van der Waals surface area contributed by atoms with Gasteiger partial charge in [0, 0.05) is 6.07 Å². The van der Waals surface area contributed by atoms with Crippen LogP contribution in [0.2, 0.25) is 5.02 Å². The quantitative estimate of drug-likeness (QED) is 0.905. The van der Waals surface area contributed by atoms with Crippen molar-refractivity contribution in [3.8, 4) is 17.6 Å². The first-order valence-electron chi connectivity index (χ1n) is 6.37. The molecule has 0 bridgehead atoms. The molecule has 1 N–H and O–H groups in total. The molecule has 2 aromatic rings. The summed E-state index contributed by atoms with van der Waals surface area (Å²) in [6, 6.07) is 12.3. The van der Waals surface area contributed by atoms with Gasteiger partial charge in [0.2, 0.25) is 0 Å². The van der Waals surface area contributed by atoms with Crippen molar-refractivity contribution in [2.75, 3.05) is 12.4 Å². The molecule has 0 aliphatic rings. The summed E-state index contributed by atoms with van der Waals surface area (Å²) in [5.41, 5.74) is 1.49. The summed E-state index contributed by atoms with van der Waals surface area (Å²) in [5.74, 6) is 0.915. The third kappa shape index (κ3) is 3.48. The number of carbonyl (C=O) groups is 1. The third-order valence-corrected chi connectivity index (χ3v) is 3.24. The first kappa shape index (κ1) is 15.7. The molecule has 2 rings (SSSR count). The number of nitriles is 1. The van der Waals surface area contributed by atoms with Crippen molar-refractivity contribution >= 4 is 23.4 Å². The first-order valence-corrected chi connectivity index (χ1v) is 6.75. The highest BCUT2D eigenvalue weighted by Crippen LogP contribution is 2.34. The van der Waals surface area contributed by atoms with Gasteiger partial charge in [-0.25, -0.2) is 4.79 Å². The van der Waals surface area contributed by atoms with E-state index in [4.69, 9.17) is 16.3 Å². The van der Waals surface area contributed by atoms with Crippen LogP contribution in [-0.4, -0.2) is 13.2 Å². The van der Waals surface area contributed by atoms with Crippen molar-refractivity contribution in [3.63, 3.8) is 0 Å². The standard InChI is InChI=1S/C16H13ClN2O3/c1-10-5-3-4-6-14(10)22-15-8-13(19-16(20)21-2)12(17)7-11(15)9-18/h3-8H,1-2H3,(H,19,20). The molecule has 0 radical (unpaired) electrons. The SMILES string of the molecule is COC(=O)Nc1cc(Oc2ccccc2C)c(C#N)cc1Cl. The number of nitrogens with one attached hydrogen (secondary N) is 1. The van der Waals surface area contributed by atoms with Crippen LogP contribution < -0.4 is 10.1 Å². The van der Waals surface area contributed by atoms with Crippen LogP contribution in [0.1, 0.15) is 11.1 Å². The Labute approximate surface area is 133 Å². The van der Waals surface area contributed by atoms with Crippen molar-refractivity contribution in [2.45, 2.75) is 6.92 Å². The summed E-state index contributed by atoms with van der Waals surface area (Å²) < 4.78 is 10.3. The fraction of sp³-hybridized carbons (Fsp3) is 0.125. The molecule has 0 fully saturated rings. The normalized spacial score (nSPS) is 9.73. The van der Waals surface area contributed by atoms with Crippen LogP contribution in [0.5, 0.6) is 11.5 Å². The Hall–Kier alpha value is -2.71. The summed E-state index contributed by atoms with van der Waals surface area (Å²) in [6.45, 7) is 1.89. The van der Waals surface area contributed by atoms with Crippen molar-refractivity contribution in [3.05, 3.63) is 52.5 Å². The van der Waals surface area contributed by atoms with Gasteiger partial charge in [-0.2, -0.15) is 5.26 Å². The number of hydrogen-bond donors (Lipinski definition) is 1. The number of carbonyl (C=O) groups excluding carboxylic acids is 1. The Morgan fingerprint density at radius 3 is 2.64 bits per heavy atom. The van der Waals surface area contributed by atoms with Gasteiger partial charge in [0.15, 0.2) is 0 Å². The molecule has 1 amide bonds. The molecule has 5 nitrogen and oxygen atoms in total. The maximum Gasteiger partial charge on any atom is 0.411 e. The molecule has 0 aliphatic carbocycles. The van der Waals surface area contributed by atoms with Crippen LogP contribution in [0, 0.1) is 18.3 Å². The molecule has 6 heteroatoms. The molecule has 0 heterocycles. The van der Waals surface area contributed by atoms with Crippen LogP contribution in [0.15, 0.2) is 36.4 Å². The summed E-state index contributed by atoms with van der Waals surface area (Å²) in [7, 11) is 1.25. The molecular weight excluding hydrogens is 304 g/mol. The molecular formula is C16H13ClN2O3. The predicted molar refractivity (Wildman–Crippen MR) is 83.4 cm³/mol. The van der Waals surface area contributed by atoms with E-state index in [9.17, 15) is 10.1 Å². The number of anilines is 1. The van der Waals surface area contributed by atoms with E-state index in [0.29, 0.717) is 17.2 Å². The highest BCUT2D eigenvalue weighted by Gasteiger charge is 2.13. The summed E-state index contributed by atoms with van der Waals surface area (Å²) in [5, 5.41) is 11.9. The molecule has 0 aromatic heterocycles. The van der Waals surface area contributed by atoms with Crippen LogP contribution in [0.3, 0.4) is 0 Å². The number of rotatable bonds is 3. The van der Waals surface area contributed by atoms with Gasteiger partial charge in [0.05, 0.1) is 23.4 Å². The van der Waals surface area contributed by atoms with Gasteiger partial charge in [-0.05, 0) is 24.6 Å². The third-order valence-electron chi connectivity index (χ3n) is 2.93. The van der Waals surface area contributed by atoms with Crippen LogP contribution in [0.4, 0.5) is 10.5 Å². The van der Waals surface area contributed by atoms with Crippen molar-refractivity contribution in [1.82, 2.24) is 0 Å². The van der Waals surface area contributed by atoms with E-state index in [1.54, 1.807) is 6.07 Å². The molecule has 0 spiro atoms. The lowest BCUT2D eigenvalue weighted by Gasteiger charge is -2.13. The van der Waals surface area contributed by atoms with Crippen molar-refractivity contribution < 1.29 is 14.3 Å². The molecule has 0 saturated heterocycles. The number of aryl methyl sites for hydroxylation is 1. The largest absolute Gasteiger partial charge is 0.456 e. The highest BCUT2D eigenvalue weighted by molar-refractivity contribution is 6.33. The average Bonchev–Trinajstić information content (AvgIpc) is 2.52. The Kier molecular flexibility index (Phi) is 4.87. The smallest absolute Gasteiger partial charge is 0.411 e. The van der Waals surface area contributed by atoms with Crippen LogP contribution in [0.25, 0.3) is 0 Å². The highest BCUT2D eigenvalue weighted by atomic mass is 35.5. The molecule has 0 aliphatic heterocycles. The molecule has 0 unspecified atom stereocenters. The monoisotopic (exact) mass is 316 g/mol. The number of amides is 1. The van der Waals surface area contributed by atoms with Crippen LogP contribution in [-0.2, 0) is 4.74 Å². The zero-order valence-electron chi connectivity index (χ0n) is 12.0. The number of nitrogens with zero attached hydrogens (tertiary/aromatic N) is 1. The van der Waals surface area contributed by atoms with E-state index < -0.39 is 6.09 Å². The number of halogens is 1. The number of benzene rings is 2. The fourth-order valence-corrected chi connectivity index (χ4v) is 1.98. The van der Waals surface area contributed by atoms with Gasteiger partial charge in [0.1, 0.15) is 17.6 Å². The minimum atomic E-state index is -0.659. The Morgan fingerprint density at radius 2 is 2.00 bits per heavy atom. The number of hydrogen-bond acceptors (Lipinski definition) is 4. The maximum absolute atomic E-state index is 11.3. The van der Waals surface area contributed by atoms with Gasteiger partial charge >= 0.3 is 6.09 Å². The van der Waals surface area contributed by atoms with E-state index in [0.717, 1.165) is 5.56 Å². The minimum Gasteiger partial charge on any atom is -0.456 e.